The second-order valence-electron chi connectivity index (χ2n) is 10.2. The maximum atomic E-state index is 12.3. The smallest absolute Gasteiger partial charge is 0.246 e. The van der Waals surface area contributed by atoms with E-state index in [-0.39, 0.29) is 11.9 Å². The third-order valence-corrected chi connectivity index (χ3v) is 7.41. The number of nitrogens with one attached hydrogen (secondary N) is 2. The Balaban J connectivity index is 1.20. The average molecular weight is 463 g/mol. The Morgan fingerprint density at radius 1 is 1.15 bits per heavy atom. The molecule has 4 N–H and O–H groups in total. The summed E-state index contributed by atoms with van der Waals surface area (Å²) >= 11 is 0. The fourth-order valence-corrected chi connectivity index (χ4v) is 5.39. The number of hydrogen-bond acceptors (Lipinski definition) is 7. The standard InChI is InChI=1S/C26H34N6O2/c1-26(2)22(32-21-23(27)30-15-31-25(21)34-26)19-11-9-18(10-12-19)17-7-5-16(6-8-17)14-29-24(33)20-4-3-13-28-20/h9-12,15-17,20,28H,3-8,13-14H2,1-2H3,(H,29,33)(H2,27,30,31)/t16?,17?,20-/m0/s1. The molecule has 8 nitrogen and oxygen atoms in total. The minimum atomic E-state index is -0.619. The molecular formula is C26H34N6O2. The lowest BCUT2D eigenvalue weighted by atomic mass is 9.78. The lowest BCUT2D eigenvalue weighted by molar-refractivity contribution is -0.123. The first-order valence-electron chi connectivity index (χ1n) is 12.4. The summed E-state index contributed by atoms with van der Waals surface area (Å²) in [6.45, 7) is 5.73. The Kier molecular flexibility index (Phi) is 6.25. The molecule has 34 heavy (non-hydrogen) atoms. The molecule has 2 fully saturated rings. The summed E-state index contributed by atoms with van der Waals surface area (Å²) in [5.74, 6) is 2.04. The number of rotatable bonds is 5. The van der Waals surface area contributed by atoms with Crippen LogP contribution in [0.25, 0.3) is 0 Å². The number of benzene rings is 1. The molecule has 1 aromatic carbocycles. The molecule has 1 aliphatic carbocycles. The summed E-state index contributed by atoms with van der Waals surface area (Å²) in [5.41, 5.74) is 9.08. The van der Waals surface area contributed by atoms with Gasteiger partial charge in [0.2, 0.25) is 11.8 Å². The number of carbonyl (C=O) groups is 1. The predicted octanol–water partition coefficient (Wildman–Crippen LogP) is 3.49. The van der Waals surface area contributed by atoms with E-state index in [2.05, 4.69) is 44.9 Å². The quantitative estimate of drug-likeness (QED) is 0.627. The van der Waals surface area contributed by atoms with Crippen molar-refractivity contribution in [2.24, 2.45) is 10.9 Å². The number of aliphatic imine (C=N–C) groups is 1. The predicted molar refractivity (Wildman–Crippen MR) is 133 cm³/mol. The summed E-state index contributed by atoms with van der Waals surface area (Å²) in [7, 11) is 0. The van der Waals surface area contributed by atoms with Gasteiger partial charge in [-0.05, 0) is 76.3 Å². The van der Waals surface area contributed by atoms with Crippen LogP contribution in [0.1, 0.15) is 69.4 Å². The molecule has 1 saturated heterocycles. The number of nitrogens with zero attached hydrogens (tertiary/aromatic N) is 3. The Labute approximate surface area is 200 Å². The normalized spacial score (nSPS) is 25.7. The van der Waals surface area contributed by atoms with E-state index in [1.54, 1.807) is 0 Å². The Morgan fingerprint density at radius 3 is 2.62 bits per heavy atom. The summed E-state index contributed by atoms with van der Waals surface area (Å²) in [4.78, 5) is 25.3. The Hall–Kier alpha value is -3.00. The van der Waals surface area contributed by atoms with Gasteiger partial charge in [-0.1, -0.05) is 24.3 Å². The van der Waals surface area contributed by atoms with E-state index >= 15 is 0 Å². The first-order chi connectivity index (χ1) is 16.4. The van der Waals surface area contributed by atoms with Gasteiger partial charge in [-0.3, -0.25) is 4.79 Å². The molecule has 3 heterocycles. The molecule has 3 aliphatic rings. The minimum Gasteiger partial charge on any atom is -0.463 e. The van der Waals surface area contributed by atoms with Gasteiger partial charge < -0.3 is 21.1 Å². The second-order valence-corrected chi connectivity index (χ2v) is 10.2. The number of ether oxygens (including phenoxy) is 1. The van der Waals surface area contributed by atoms with Crippen LogP contribution in [0.3, 0.4) is 0 Å². The van der Waals surface area contributed by atoms with Gasteiger partial charge in [0.1, 0.15) is 11.9 Å². The van der Waals surface area contributed by atoms with E-state index in [1.165, 1.54) is 11.9 Å². The fourth-order valence-electron chi connectivity index (χ4n) is 5.39. The highest BCUT2D eigenvalue weighted by molar-refractivity contribution is 6.09. The van der Waals surface area contributed by atoms with Crippen molar-refractivity contribution in [3.05, 3.63) is 41.7 Å². The molecule has 2 aromatic rings. The fraction of sp³-hybridized carbons (Fsp3) is 0.538. The maximum absolute atomic E-state index is 12.3. The molecule has 5 rings (SSSR count). The van der Waals surface area contributed by atoms with Crippen molar-refractivity contribution in [2.75, 3.05) is 18.8 Å². The van der Waals surface area contributed by atoms with E-state index in [0.717, 1.165) is 62.9 Å². The van der Waals surface area contributed by atoms with Crippen LogP contribution < -0.4 is 21.1 Å². The van der Waals surface area contributed by atoms with Gasteiger partial charge in [0.25, 0.3) is 0 Å². The molecule has 1 amide bonds. The van der Waals surface area contributed by atoms with Crippen LogP contribution in [0.15, 0.2) is 35.6 Å². The van der Waals surface area contributed by atoms with Gasteiger partial charge in [-0.2, -0.15) is 4.98 Å². The summed E-state index contributed by atoms with van der Waals surface area (Å²) < 4.78 is 6.10. The minimum absolute atomic E-state index is 0.0106. The van der Waals surface area contributed by atoms with E-state index in [9.17, 15) is 4.79 Å². The van der Waals surface area contributed by atoms with E-state index < -0.39 is 5.60 Å². The number of fused-ring (bicyclic) bond motifs is 1. The molecule has 0 unspecified atom stereocenters. The van der Waals surface area contributed by atoms with Gasteiger partial charge in [-0.25, -0.2) is 9.98 Å². The first-order valence-corrected chi connectivity index (χ1v) is 12.4. The SMILES string of the molecule is CC1(C)Oc2ncnc(N)c2N=C1c1ccc(C2CCC(CNC(=O)[C@@H]3CCCN3)CC2)cc1. The topological polar surface area (TPSA) is 115 Å². The van der Waals surface area contributed by atoms with Crippen molar-refractivity contribution in [1.29, 1.82) is 0 Å². The van der Waals surface area contributed by atoms with Crippen molar-refractivity contribution < 1.29 is 9.53 Å². The van der Waals surface area contributed by atoms with Crippen LogP contribution in [0.4, 0.5) is 11.5 Å². The molecule has 1 saturated carbocycles. The summed E-state index contributed by atoms with van der Waals surface area (Å²) in [6, 6.07) is 8.70. The van der Waals surface area contributed by atoms with Crippen molar-refractivity contribution >= 4 is 23.1 Å². The Bertz CT molecular complexity index is 1070. The zero-order valence-electron chi connectivity index (χ0n) is 20.0. The average Bonchev–Trinajstić information content (AvgIpc) is 3.38. The number of hydrogen-bond donors (Lipinski definition) is 3. The van der Waals surface area contributed by atoms with Crippen molar-refractivity contribution in [2.45, 2.75) is 69.9 Å². The third kappa shape index (κ3) is 4.64. The highest BCUT2D eigenvalue weighted by Crippen LogP contribution is 2.40. The molecule has 180 valence electrons. The van der Waals surface area contributed by atoms with E-state index in [1.807, 2.05) is 13.8 Å². The zero-order valence-corrected chi connectivity index (χ0v) is 20.0. The monoisotopic (exact) mass is 462 g/mol. The number of amides is 1. The van der Waals surface area contributed by atoms with Crippen LogP contribution in [0, 0.1) is 5.92 Å². The molecule has 0 bridgehead atoms. The molecule has 2 aliphatic heterocycles. The summed E-state index contributed by atoms with van der Waals surface area (Å²) in [5, 5.41) is 6.44. The molecule has 0 spiro atoms. The van der Waals surface area contributed by atoms with Gasteiger partial charge in [0, 0.05) is 12.1 Å². The molecule has 0 radical (unpaired) electrons. The first kappa shape index (κ1) is 22.8. The number of nitrogens with two attached hydrogens (primary N) is 1. The summed E-state index contributed by atoms with van der Waals surface area (Å²) in [6.07, 6.45) is 8.04. The highest BCUT2D eigenvalue weighted by atomic mass is 16.5. The number of anilines is 1. The third-order valence-electron chi connectivity index (χ3n) is 7.41. The van der Waals surface area contributed by atoms with E-state index in [4.69, 9.17) is 15.5 Å². The van der Waals surface area contributed by atoms with Crippen molar-refractivity contribution in [3.63, 3.8) is 0 Å². The largest absolute Gasteiger partial charge is 0.463 e. The number of nitrogen functional groups attached to an aromatic ring is 1. The van der Waals surface area contributed by atoms with Gasteiger partial charge >= 0.3 is 0 Å². The number of carbonyl (C=O) groups excluding carboxylic acids is 1. The lowest BCUT2D eigenvalue weighted by Crippen LogP contribution is -2.42. The molecular weight excluding hydrogens is 428 g/mol. The van der Waals surface area contributed by atoms with Crippen LogP contribution in [0.5, 0.6) is 5.88 Å². The van der Waals surface area contributed by atoms with Gasteiger partial charge in [-0.15, -0.1) is 0 Å². The Morgan fingerprint density at radius 2 is 1.91 bits per heavy atom. The van der Waals surface area contributed by atoms with Crippen LogP contribution in [-0.4, -0.2) is 46.3 Å². The molecule has 1 aromatic heterocycles. The van der Waals surface area contributed by atoms with Crippen LogP contribution >= 0.6 is 0 Å². The van der Waals surface area contributed by atoms with Crippen molar-refractivity contribution in [1.82, 2.24) is 20.6 Å². The van der Waals surface area contributed by atoms with Crippen molar-refractivity contribution in [3.8, 4) is 5.88 Å². The second kappa shape index (κ2) is 9.33. The number of aromatic nitrogens is 2. The maximum Gasteiger partial charge on any atom is 0.246 e. The van der Waals surface area contributed by atoms with Crippen LogP contribution in [-0.2, 0) is 4.79 Å². The van der Waals surface area contributed by atoms with Gasteiger partial charge in [0.05, 0.1) is 11.8 Å². The van der Waals surface area contributed by atoms with E-state index in [0.29, 0.717) is 29.2 Å². The molecule has 1 atom stereocenters. The molecule has 8 heteroatoms. The van der Waals surface area contributed by atoms with Crippen LogP contribution in [0.2, 0.25) is 0 Å². The zero-order chi connectivity index (χ0) is 23.7. The lowest BCUT2D eigenvalue weighted by Gasteiger charge is -2.32. The highest BCUT2D eigenvalue weighted by Gasteiger charge is 2.35. The van der Waals surface area contributed by atoms with Gasteiger partial charge in [0.15, 0.2) is 11.5 Å².